The summed E-state index contributed by atoms with van der Waals surface area (Å²) in [6, 6.07) is 9.02. The lowest BCUT2D eigenvalue weighted by molar-refractivity contribution is -0.891. The lowest BCUT2D eigenvalue weighted by Gasteiger charge is -2.21. The van der Waals surface area contributed by atoms with E-state index in [-0.39, 0.29) is 23.8 Å². The van der Waals surface area contributed by atoms with E-state index >= 15 is 0 Å². The Morgan fingerprint density at radius 2 is 2.20 bits per heavy atom. The van der Waals surface area contributed by atoms with Crippen molar-refractivity contribution in [3.63, 3.8) is 0 Å². The Labute approximate surface area is 147 Å². The number of likely N-dealkylation sites (N-methyl/N-ethyl adjacent to an activating group) is 1. The van der Waals surface area contributed by atoms with Gasteiger partial charge in [0.25, 0.3) is 5.91 Å². The van der Waals surface area contributed by atoms with Gasteiger partial charge in [0.1, 0.15) is 17.7 Å². The van der Waals surface area contributed by atoms with Gasteiger partial charge in [0, 0.05) is 6.54 Å². The number of rotatable bonds is 7. The van der Waals surface area contributed by atoms with Crippen molar-refractivity contribution in [2.75, 3.05) is 20.1 Å². The molecule has 1 aromatic carbocycles. The second-order valence-electron chi connectivity index (χ2n) is 6.07. The number of hydrogen-bond acceptors (Lipinski definition) is 4. The SMILES string of the molecule is CCCNC(=O)C[NH+](C)[C@H](C)/C(O)=C(\C#N)c1nc2ccccc2[nH]1. The molecule has 2 aromatic rings. The van der Waals surface area contributed by atoms with Crippen molar-refractivity contribution in [3.05, 3.63) is 35.8 Å². The molecule has 1 amide bonds. The van der Waals surface area contributed by atoms with E-state index in [1.54, 1.807) is 14.0 Å². The Hall–Kier alpha value is -2.85. The van der Waals surface area contributed by atoms with Crippen LogP contribution in [0.1, 0.15) is 26.1 Å². The van der Waals surface area contributed by atoms with Gasteiger partial charge < -0.3 is 20.3 Å². The Morgan fingerprint density at radius 1 is 1.48 bits per heavy atom. The van der Waals surface area contributed by atoms with Gasteiger partial charge in [0.15, 0.2) is 18.1 Å². The highest BCUT2D eigenvalue weighted by molar-refractivity contribution is 5.83. The van der Waals surface area contributed by atoms with Crippen LogP contribution in [0.5, 0.6) is 0 Å². The van der Waals surface area contributed by atoms with Gasteiger partial charge in [-0.2, -0.15) is 5.26 Å². The van der Waals surface area contributed by atoms with Crippen molar-refractivity contribution in [1.29, 1.82) is 5.26 Å². The smallest absolute Gasteiger partial charge is 0.275 e. The summed E-state index contributed by atoms with van der Waals surface area (Å²) in [6.45, 7) is 4.60. The molecule has 2 atom stereocenters. The van der Waals surface area contributed by atoms with E-state index in [0.29, 0.717) is 12.4 Å². The Morgan fingerprint density at radius 3 is 2.84 bits per heavy atom. The molecule has 25 heavy (non-hydrogen) atoms. The molecule has 132 valence electrons. The molecule has 2 rings (SSSR count). The molecule has 0 aliphatic heterocycles. The van der Waals surface area contributed by atoms with Gasteiger partial charge in [0.05, 0.1) is 18.1 Å². The fraction of sp³-hybridized carbons (Fsp3) is 0.389. The van der Waals surface area contributed by atoms with Crippen LogP contribution in [-0.4, -0.2) is 47.2 Å². The number of aliphatic hydroxyl groups excluding tert-OH is 1. The molecule has 1 unspecified atom stereocenters. The van der Waals surface area contributed by atoms with Crippen LogP contribution < -0.4 is 10.2 Å². The quantitative estimate of drug-likeness (QED) is 0.441. The molecule has 0 aliphatic carbocycles. The number of aliphatic hydroxyl groups is 1. The third kappa shape index (κ3) is 4.37. The predicted molar refractivity (Wildman–Crippen MR) is 95.8 cm³/mol. The normalized spacial score (nSPS) is 14.5. The van der Waals surface area contributed by atoms with Crippen molar-refractivity contribution >= 4 is 22.5 Å². The molecule has 1 heterocycles. The molecular weight excluding hydrogens is 318 g/mol. The number of fused-ring (bicyclic) bond motifs is 1. The summed E-state index contributed by atoms with van der Waals surface area (Å²) in [6.07, 6.45) is 0.871. The topological polar surface area (TPSA) is 106 Å². The predicted octanol–water partition coefficient (Wildman–Crippen LogP) is 0.785. The number of hydrogen-bond donors (Lipinski definition) is 4. The number of quaternary nitrogens is 1. The molecule has 7 heteroatoms. The van der Waals surface area contributed by atoms with Crippen molar-refractivity contribution < 1.29 is 14.8 Å². The maximum Gasteiger partial charge on any atom is 0.275 e. The molecule has 4 N–H and O–H groups in total. The van der Waals surface area contributed by atoms with Crippen LogP contribution in [0.3, 0.4) is 0 Å². The van der Waals surface area contributed by atoms with Crippen LogP contribution in [0.15, 0.2) is 30.0 Å². The Kier molecular flexibility index (Phi) is 6.14. The first-order chi connectivity index (χ1) is 12.0. The second kappa shape index (κ2) is 8.31. The highest BCUT2D eigenvalue weighted by atomic mass is 16.3. The van der Waals surface area contributed by atoms with Crippen molar-refractivity contribution in [3.8, 4) is 6.07 Å². The standard InChI is InChI=1S/C18H23N5O2/c1-4-9-20-16(24)11-23(3)12(2)17(25)13(10-19)18-21-14-7-5-6-8-15(14)22-18/h5-8,12,25H,4,9,11H2,1-3H3,(H,20,24)(H,21,22)/p+1/b17-13-/t12-/m1/s1. The zero-order valence-electron chi connectivity index (χ0n) is 14.8. The number of nitrogens with one attached hydrogen (secondary N) is 3. The van der Waals surface area contributed by atoms with E-state index in [1.807, 2.05) is 37.3 Å². The third-order valence-corrected chi connectivity index (χ3v) is 4.16. The van der Waals surface area contributed by atoms with Gasteiger partial charge in [-0.15, -0.1) is 0 Å². The van der Waals surface area contributed by atoms with E-state index < -0.39 is 6.04 Å². The molecule has 0 aliphatic rings. The van der Waals surface area contributed by atoms with Crippen LogP contribution in [0, 0.1) is 11.3 Å². The summed E-state index contributed by atoms with van der Waals surface area (Å²) in [5.41, 5.74) is 1.62. The summed E-state index contributed by atoms with van der Waals surface area (Å²) < 4.78 is 0. The van der Waals surface area contributed by atoms with E-state index in [1.165, 1.54) is 0 Å². The number of aromatic nitrogens is 2. The van der Waals surface area contributed by atoms with E-state index in [9.17, 15) is 15.2 Å². The van der Waals surface area contributed by atoms with Crippen molar-refractivity contribution in [2.24, 2.45) is 0 Å². The summed E-state index contributed by atoms with van der Waals surface area (Å²) in [5, 5.41) is 22.9. The Bertz CT molecular complexity index is 785. The third-order valence-electron chi connectivity index (χ3n) is 4.16. The van der Waals surface area contributed by atoms with Gasteiger partial charge in [-0.3, -0.25) is 4.79 Å². The molecular formula is C18H24N5O2+. The lowest BCUT2D eigenvalue weighted by Crippen LogP contribution is -3.14. The second-order valence-corrected chi connectivity index (χ2v) is 6.07. The first kappa shape index (κ1) is 18.5. The lowest BCUT2D eigenvalue weighted by atomic mass is 10.1. The number of allylic oxidation sites excluding steroid dienone is 1. The van der Waals surface area contributed by atoms with Crippen LogP contribution in [0.2, 0.25) is 0 Å². The number of aromatic amines is 1. The summed E-state index contributed by atoms with van der Waals surface area (Å²) in [4.78, 5) is 20.1. The first-order valence-electron chi connectivity index (χ1n) is 8.35. The van der Waals surface area contributed by atoms with Crippen molar-refractivity contribution in [2.45, 2.75) is 26.3 Å². The average Bonchev–Trinajstić information content (AvgIpc) is 3.03. The molecule has 0 fully saturated rings. The number of amides is 1. The number of H-pyrrole nitrogens is 1. The van der Waals surface area contributed by atoms with Gasteiger partial charge in [0.2, 0.25) is 0 Å². The number of carbonyl (C=O) groups is 1. The average molecular weight is 342 g/mol. The number of benzene rings is 1. The highest BCUT2D eigenvalue weighted by Crippen LogP contribution is 2.19. The summed E-state index contributed by atoms with van der Waals surface area (Å²) >= 11 is 0. The number of nitrogens with zero attached hydrogens (tertiary/aromatic N) is 2. The molecule has 0 bridgehead atoms. The van der Waals surface area contributed by atoms with Crippen LogP contribution in [0.4, 0.5) is 0 Å². The minimum atomic E-state index is -0.421. The van der Waals surface area contributed by atoms with Gasteiger partial charge in [-0.05, 0) is 25.5 Å². The fourth-order valence-corrected chi connectivity index (χ4v) is 2.49. The number of carbonyl (C=O) groups excluding carboxylic acids is 1. The number of para-hydroxylation sites is 2. The van der Waals surface area contributed by atoms with Crippen LogP contribution in [0.25, 0.3) is 16.6 Å². The highest BCUT2D eigenvalue weighted by Gasteiger charge is 2.25. The van der Waals surface area contributed by atoms with Gasteiger partial charge in [-0.25, -0.2) is 4.98 Å². The Balaban J connectivity index is 2.22. The number of nitriles is 1. The molecule has 1 aromatic heterocycles. The van der Waals surface area contributed by atoms with E-state index in [0.717, 1.165) is 22.4 Å². The largest absolute Gasteiger partial charge is 0.505 e. The maximum absolute atomic E-state index is 11.9. The zero-order valence-corrected chi connectivity index (χ0v) is 14.8. The zero-order chi connectivity index (χ0) is 18.4. The van der Waals surface area contributed by atoms with Gasteiger partial charge in [-0.1, -0.05) is 19.1 Å². The molecule has 0 radical (unpaired) electrons. The minimum absolute atomic E-state index is 0.0812. The van der Waals surface area contributed by atoms with Crippen molar-refractivity contribution in [1.82, 2.24) is 15.3 Å². The fourth-order valence-electron chi connectivity index (χ4n) is 2.49. The monoisotopic (exact) mass is 342 g/mol. The van der Waals surface area contributed by atoms with Crippen LogP contribution >= 0.6 is 0 Å². The summed E-state index contributed by atoms with van der Waals surface area (Å²) in [7, 11) is 1.81. The van der Waals surface area contributed by atoms with Crippen LogP contribution in [-0.2, 0) is 4.79 Å². The molecule has 7 nitrogen and oxygen atoms in total. The molecule has 0 saturated heterocycles. The maximum atomic E-state index is 11.9. The molecule has 0 spiro atoms. The minimum Gasteiger partial charge on any atom is -0.505 e. The van der Waals surface area contributed by atoms with E-state index in [2.05, 4.69) is 15.3 Å². The summed E-state index contributed by atoms with van der Waals surface area (Å²) in [5.74, 6) is 0.167. The first-order valence-corrected chi connectivity index (χ1v) is 8.35. The molecule has 0 saturated carbocycles. The number of imidazole rings is 1. The van der Waals surface area contributed by atoms with Gasteiger partial charge >= 0.3 is 0 Å². The van der Waals surface area contributed by atoms with E-state index in [4.69, 9.17) is 0 Å².